The summed E-state index contributed by atoms with van der Waals surface area (Å²) in [7, 11) is 0. The van der Waals surface area contributed by atoms with Gasteiger partial charge in [-0.05, 0) is 19.1 Å². The minimum Gasteiger partial charge on any atom is -0.326 e. The summed E-state index contributed by atoms with van der Waals surface area (Å²) in [6.45, 7) is 1.64. The summed E-state index contributed by atoms with van der Waals surface area (Å²) >= 11 is 3.16. The first-order valence-corrected chi connectivity index (χ1v) is 5.77. The van der Waals surface area contributed by atoms with Gasteiger partial charge in [-0.15, -0.1) is 0 Å². The maximum Gasteiger partial charge on any atom is 0.272 e. The maximum absolute atomic E-state index is 11.3. The van der Waals surface area contributed by atoms with Crippen LogP contribution >= 0.6 is 15.9 Å². The molecule has 86 valence electrons. The summed E-state index contributed by atoms with van der Waals surface area (Å²) in [6.07, 6.45) is 0.371. The highest BCUT2D eigenvalue weighted by molar-refractivity contribution is 9.09. The second kappa shape index (κ2) is 5.60. The van der Waals surface area contributed by atoms with E-state index in [1.807, 2.05) is 0 Å². The first-order valence-electron chi connectivity index (χ1n) is 4.65. The highest BCUT2D eigenvalue weighted by atomic mass is 79.9. The fourth-order valence-electron chi connectivity index (χ4n) is 1.25. The van der Waals surface area contributed by atoms with Gasteiger partial charge in [0.1, 0.15) is 0 Å². The smallest absolute Gasteiger partial charge is 0.272 e. The van der Waals surface area contributed by atoms with Gasteiger partial charge < -0.3 is 5.32 Å². The number of hydrogen-bond acceptors (Lipinski definition) is 3. The lowest BCUT2D eigenvalue weighted by atomic mass is 10.2. The molecule has 0 heterocycles. The molecule has 0 fully saturated rings. The Morgan fingerprint density at radius 3 is 2.75 bits per heavy atom. The number of nitrogens with zero attached hydrogens (tertiary/aromatic N) is 1. The lowest BCUT2D eigenvalue weighted by molar-refractivity contribution is -0.385. The van der Waals surface area contributed by atoms with Crippen LogP contribution in [0.15, 0.2) is 18.2 Å². The van der Waals surface area contributed by atoms with Crippen molar-refractivity contribution >= 4 is 33.2 Å². The van der Waals surface area contributed by atoms with E-state index in [2.05, 4.69) is 21.2 Å². The van der Waals surface area contributed by atoms with Crippen LogP contribution in [0.1, 0.15) is 12.0 Å². The van der Waals surface area contributed by atoms with Crippen molar-refractivity contribution in [1.29, 1.82) is 0 Å². The Balaban J connectivity index is 2.81. The first kappa shape index (κ1) is 12.6. The zero-order valence-electron chi connectivity index (χ0n) is 8.70. The molecule has 0 aromatic heterocycles. The van der Waals surface area contributed by atoms with E-state index < -0.39 is 4.92 Å². The number of carbonyl (C=O) groups is 1. The Labute approximate surface area is 101 Å². The van der Waals surface area contributed by atoms with Crippen molar-refractivity contribution in [2.75, 3.05) is 10.6 Å². The molecule has 6 heteroatoms. The van der Waals surface area contributed by atoms with Crippen LogP contribution in [0.25, 0.3) is 0 Å². The minimum absolute atomic E-state index is 0.0542. The van der Waals surface area contributed by atoms with Crippen LogP contribution in [0.4, 0.5) is 11.4 Å². The van der Waals surface area contributed by atoms with E-state index >= 15 is 0 Å². The van der Waals surface area contributed by atoms with Crippen LogP contribution in [0, 0.1) is 17.0 Å². The Kier molecular flexibility index (Phi) is 4.42. The Hall–Kier alpha value is -1.43. The lowest BCUT2D eigenvalue weighted by Gasteiger charge is -2.05. The van der Waals surface area contributed by atoms with Crippen molar-refractivity contribution < 1.29 is 9.72 Å². The lowest BCUT2D eigenvalue weighted by Crippen LogP contribution is -2.11. The summed E-state index contributed by atoms with van der Waals surface area (Å²) in [4.78, 5) is 21.4. The zero-order valence-corrected chi connectivity index (χ0v) is 10.3. The van der Waals surface area contributed by atoms with Crippen molar-refractivity contribution in [3.63, 3.8) is 0 Å². The summed E-state index contributed by atoms with van der Waals surface area (Å²) < 4.78 is 0. The number of aryl methyl sites for hydroxylation is 1. The van der Waals surface area contributed by atoms with Crippen molar-refractivity contribution in [2.24, 2.45) is 0 Å². The summed E-state index contributed by atoms with van der Waals surface area (Å²) in [6, 6.07) is 4.50. The van der Waals surface area contributed by atoms with E-state index in [0.717, 1.165) is 0 Å². The van der Waals surface area contributed by atoms with Gasteiger partial charge in [-0.2, -0.15) is 0 Å². The fourth-order valence-corrected chi connectivity index (χ4v) is 1.61. The molecular formula is C10H11BrN2O3. The van der Waals surface area contributed by atoms with Gasteiger partial charge in [-0.3, -0.25) is 14.9 Å². The Morgan fingerprint density at radius 1 is 1.56 bits per heavy atom. The number of nitrogens with one attached hydrogen (secondary N) is 1. The van der Waals surface area contributed by atoms with Gasteiger partial charge >= 0.3 is 0 Å². The number of alkyl halides is 1. The summed E-state index contributed by atoms with van der Waals surface area (Å²) in [5.74, 6) is -0.120. The van der Waals surface area contributed by atoms with Gasteiger partial charge in [-0.1, -0.05) is 15.9 Å². The van der Waals surface area contributed by atoms with Gasteiger partial charge in [0.25, 0.3) is 5.69 Å². The van der Waals surface area contributed by atoms with E-state index in [-0.39, 0.29) is 11.6 Å². The van der Waals surface area contributed by atoms with Crippen LogP contribution in [0.3, 0.4) is 0 Å². The van der Waals surface area contributed by atoms with Gasteiger partial charge in [0.2, 0.25) is 5.91 Å². The molecule has 0 aliphatic rings. The highest BCUT2D eigenvalue weighted by Crippen LogP contribution is 2.21. The molecule has 16 heavy (non-hydrogen) atoms. The molecule has 0 radical (unpaired) electrons. The van der Waals surface area contributed by atoms with Crippen LogP contribution in [0.2, 0.25) is 0 Å². The van der Waals surface area contributed by atoms with Gasteiger partial charge in [0, 0.05) is 29.1 Å². The second-order valence-electron chi connectivity index (χ2n) is 3.25. The highest BCUT2D eigenvalue weighted by Gasteiger charge is 2.10. The quantitative estimate of drug-likeness (QED) is 0.525. The number of rotatable bonds is 4. The predicted octanol–water partition coefficient (Wildman–Crippen LogP) is 2.63. The van der Waals surface area contributed by atoms with Crippen LogP contribution in [-0.4, -0.2) is 16.2 Å². The average molecular weight is 287 g/mol. The van der Waals surface area contributed by atoms with Crippen molar-refractivity contribution in [3.8, 4) is 0 Å². The standard InChI is InChI=1S/C10H11BrN2O3/c1-7-6-8(12-10(14)4-5-11)2-3-9(7)13(15)16/h2-3,6H,4-5H2,1H3,(H,12,14). The number of nitro benzene ring substituents is 1. The monoisotopic (exact) mass is 286 g/mol. The predicted molar refractivity (Wildman–Crippen MR) is 64.9 cm³/mol. The number of carbonyl (C=O) groups excluding carboxylic acids is 1. The van der Waals surface area contributed by atoms with E-state index in [1.165, 1.54) is 12.1 Å². The summed E-state index contributed by atoms with van der Waals surface area (Å²) in [5.41, 5.74) is 1.16. The number of amides is 1. The average Bonchev–Trinajstić information content (AvgIpc) is 2.17. The third-order valence-corrected chi connectivity index (χ3v) is 2.40. The summed E-state index contributed by atoms with van der Waals surface area (Å²) in [5, 5.41) is 13.8. The fraction of sp³-hybridized carbons (Fsp3) is 0.300. The molecule has 0 saturated carbocycles. The SMILES string of the molecule is Cc1cc(NC(=O)CCBr)ccc1[N+](=O)[O-]. The van der Waals surface area contributed by atoms with Crippen molar-refractivity contribution in [3.05, 3.63) is 33.9 Å². The molecule has 1 rings (SSSR count). The Morgan fingerprint density at radius 2 is 2.25 bits per heavy atom. The molecule has 1 N–H and O–H groups in total. The third-order valence-electron chi connectivity index (χ3n) is 2.00. The molecule has 5 nitrogen and oxygen atoms in total. The van der Waals surface area contributed by atoms with E-state index in [9.17, 15) is 14.9 Å². The van der Waals surface area contributed by atoms with Gasteiger partial charge in [-0.25, -0.2) is 0 Å². The molecule has 1 aromatic carbocycles. The van der Waals surface area contributed by atoms with Crippen molar-refractivity contribution in [2.45, 2.75) is 13.3 Å². The van der Waals surface area contributed by atoms with Gasteiger partial charge in [0.05, 0.1) is 4.92 Å². The topological polar surface area (TPSA) is 72.2 Å². The second-order valence-corrected chi connectivity index (χ2v) is 4.04. The molecule has 0 atom stereocenters. The molecule has 1 aromatic rings. The minimum atomic E-state index is -0.445. The number of halogens is 1. The zero-order chi connectivity index (χ0) is 12.1. The molecule has 0 aliphatic carbocycles. The van der Waals surface area contributed by atoms with E-state index in [4.69, 9.17) is 0 Å². The van der Waals surface area contributed by atoms with E-state index in [0.29, 0.717) is 23.0 Å². The van der Waals surface area contributed by atoms with Gasteiger partial charge in [0.15, 0.2) is 0 Å². The molecule has 0 unspecified atom stereocenters. The first-order chi connectivity index (χ1) is 7.54. The Bertz CT molecular complexity index is 421. The number of nitro groups is 1. The molecular weight excluding hydrogens is 276 g/mol. The van der Waals surface area contributed by atoms with Crippen LogP contribution < -0.4 is 5.32 Å². The van der Waals surface area contributed by atoms with Crippen molar-refractivity contribution in [1.82, 2.24) is 0 Å². The molecule has 0 aliphatic heterocycles. The number of benzene rings is 1. The van der Waals surface area contributed by atoms with Crippen LogP contribution in [-0.2, 0) is 4.79 Å². The van der Waals surface area contributed by atoms with E-state index in [1.54, 1.807) is 13.0 Å². The normalized spacial score (nSPS) is 9.88. The maximum atomic E-state index is 11.3. The van der Waals surface area contributed by atoms with Crippen LogP contribution in [0.5, 0.6) is 0 Å². The molecule has 0 bridgehead atoms. The molecule has 0 spiro atoms. The molecule has 0 saturated heterocycles. The number of hydrogen-bond donors (Lipinski definition) is 1. The third kappa shape index (κ3) is 3.30. The number of anilines is 1. The molecule has 1 amide bonds. The largest absolute Gasteiger partial charge is 0.326 e.